The Kier molecular flexibility index (Phi) is 3.21. The van der Waals surface area contributed by atoms with Gasteiger partial charge < -0.3 is 4.74 Å². The van der Waals surface area contributed by atoms with Crippen molar-refractivity contribution in [3.8, 4) is 0 Å². The molecule has 1 heteroatoms. The van der Waals surface area contributed by atoms with Crippen LogP contribution in [0.15, 0.2) is 24.0 Å². The van der Waals surface area contributed by atoms with Crippen molar-refractivity contribution in [3.63, 3.8) is 0 Å². The quantitative estimate of drug-likeness (QED) is 0.604. The van der Waals surface area contributed by atoms with Gasteiger partial charge in [-0.25, -0.2) is 0 Å². The lowest BCUT2D eigenvalue weighted by Gasteiger charge is -2.14. The number of allylic oxidation sites excluding steroid dienone is 3. The van der Waals surface area contributed by atoms with Crippen molar-refractivity contribution in [1.29, 1.82) is 0 Å². The zero-order chi connectivity index (χ0) is 8.10. The Morgan fingerprint density at radius 1 is 1.64 bits per heavy atom. The first-order valence-corrected chi connectivity index (χ1v) is 4.29. The highest BCUT2D eigenvalue weighted by molar-refractivity contribution is 5.18. The molecule has 0 saturated heterocycles. The van der Waals surface area contributed by atoms with Crippen LogP contribution in [0.2, 0.25) is 0 Å². The average molecular weight is 152 g/mol. The van der Waals surface area contributed by atoms with E-state index in [0.717, 1.165) is 5.76 Å². The summed E-state index contributed by atoms with van der Waals surface area (Å²) in [5.41, 5.74) is 0. The van der Waals surface area contributed by atoms with E-state index in [1.807, 2.05) is 6.08 Å². The molecule has 0 amide bonds. The number of methoxy groups -OCH3 is 1. The average Bonchev–Trinajstić information content (AvgIpc) is 2.06. The van der Waals surface area contributed by atoms with Gasteiger partial charge in [-0.1, -0.05) is 19.4 Å². The van der Waals surface area contributed by atoms with Crippen molar-refractivity contribution in [3.05, 3.63) is 24.0 Å². The number of rotatable bonds is 3. The Morgan fingerprint density at radius 2 is 2.45 bits per heavy atom. The van der Waals surface area contributed by atoms with Crippen molar-refractivity contribution < 1.29 is 4.74 Å². The molecule has 0 fully saturated rings. The van der Waals surface area contributed by atoms with Crippen molar-refractivity contribution >= 4 is 0 Å². The lowest BCUT2D eigenvalue weighted by atomic mass is 9.95. The van der Waals surface area contributed by atoms with E-state index in [2.05, 4.69) is 19.1 Å². The van der Waals surface area contributed by atoms with Gasteiger partial charge >= 0.3 is 0 Å². The molecule has 0 bridgehead atoms. The molecule has 1 atom stereocenters. The lowest BCUT2D eigenvalue weighted by Crippen LogP contribution is -2.00. The standard InChI is InChI=1S/C10H16O/c1-3-5-9-6-4-7-10(8-9)11-2/h4,7-9H,3,5-6H2,1-2H3. The Hall–Kier alpha value is -0.720. The summed E-state index contributed by atoms with van der Waals surface area (Å²) in [6.45, 7) is 2.22. The van der Waals surface area contributed by atoms with Gasteiger partial charge in [0.05, 0.1) is 7.11 Å². The predicted octanol–water partition coefficient (Wildman–Crippen LogP) is 2.89. The number of hydrogen-bond donors (Lipinski definition) is 0. The first kappa shape index (κ1) is 8.38. The van der Waals surface area contributed by atoms with Crippen LogP contribution in [0.3, 0.4) is 0 Å². The zero-order valence-corrected chi connectivity index (χ0v) is 7.34. The topological polar surface area (TPSA) is 9.23 Å². The van der Waals surface area contributed by atoms with Crippen LogP contribution in [-0.4, -0.2) is 7.11 Å². The van der Waals surface area contributed by atoms with Gasteiger partial charge in [0, 0.05) is 0 Å². The SMILES string of the molecule is CCCC1C=C(OC)C=CC1. The van der Waals surface area contributed by atoms with Crippen molar-refractivity contribution in [2.24, 2.45) is 5.92 Å². The Balaban J connectivity index is 2.47. The number of ether oxygens (including phenoxy) is 1. The molecule has 1 unspecified atom stereocenters. The third-order valence-corrected chi connectivity index (χ3v) is 2.02. The van der Waals surface area contributed by atoms with E-state index in [0.29, 0.717) is 5.92 Å². The highest BCUT2D eigenvalue weighted by Crippen LogP contribution is 2.20. The van der Waals surface area contributed by atoms with E-state index in [1.165, 1.54) is 19.3 Å². The molecule has 11 heavy (non-hydrogen) atoms. The highest BCUT2D eigenvalue weighted by atomic mass is 16.5. The van der Waals surface area contributed by atoms with E-state index in [1.54, 1.807) is 7.11 Å². The second-order valence-electron chi connectivity index (χ2n) is 2.96. The summed E-state index contributed by atoms with van der Waals surface area (Å²) in [7, 11) is 1.73. The summed E-state index contributed by atoms with van der Waals surface area (Å²) < 4.78 is 5.14. The third kappa shape index (κ3) is 2.41. The fourth-order valence-corrected chi connectivity index (χ4v) is 1.42. The minimum Gasteiger partial charge on any atom is -0.497 e. The molecule has 0 heterocycles. The van der Waals surface area contributed by atoms with E-state index in [9.17, 15) is 0 Å². The maximum atomic E-state index is 5.14. The van der Waals surface area contributed by atoms with Gasteiger partial charge in [-0.3, -0.25) is 0 Å². The van der Waals surface area contributed by atoms with Gasteiger partial charge in [-0.15, -0.1) is 0 Å². The van der Waals surface area contributed by atoms with E-state index in [4.69, 9.17) is 4.74 Å². The molecule has 0 aliphatic heterocycles. The molecule has 1 aliphatic carbocycles. The monoisotopic (exact) mass is 152 g/mol. The molecule has 0 radical (unpaired) electrons. The fraction of sp³-hybridized carbons (Fsp3) is 0.600. The van der Waals surface area contributed by atoms with Crippen LogP contribution in [0, 0.1) is 5.92 Å². The van der Waals surface area contributed by atoms with Gasteiger partial charge in [0.2, 0.25) is 0 Å². The van der Waals surface area contributed by atoms with Crippen molar-refractivity contribution in [2.45, 2.75) is 26.2 Å². The Bertz CT molecular complexity index is 168. The van der Waals surface area contributed by atoms with Gasteiger partial charge in [0.1, 0.15) is 5.76 Å². The van der Waals surface area contributed by atoms with Gasteiger partial charge in [-0.2, -0.15) is 0 Å². The van der Waals surface area contributed by atoms with Crippen LogP contribution in [0.1, 0.15) is 26.2 Å². The maximum absolute atomic E-state index is 5.14. The molecule has 0 aromatic carbocycles. The first-order valence-electron chi connectivity index (χ1n) is 4.29. The van der Waals surface area contributed by atoms with Gasteiger partial charge in [0.25, 0.3) is 0 Å². The van der Waals surface area contributed by atoms with Gasteiger partial charge in [0.15, 0.2) is 0 Å². The maximum Gasteiger partial charge on any atom is 0.114 e. The van der Waals surface area contributed by atoms with E-state index >= 15 is 0 Å². The van der Waals surface area contributed by atoms with Crippen LogP contribution in [0.5, 0.6) is 0 Å². The predicted molar refractivity (Wildman–Crippen MR) is 47.2 cm³/mol. The minimum absolute atomic E-state index is 0.708. The highest BCUT2D eigenvalue weighted by Gasteiger charge is 2.07. The largest absolute Gasteiger partial charge is 0.497 e. The first-order chi connectivity index (χ1) is 5.36. The van der Waals surface area contributed by atoms with E-state index < -0.39 is 0 Å². The molecule has 0 aromatic rings. The van der Waals surface area contributed by atoms with Crippen LogP contribution >= 0.6 is 0 Å². The summed E-state index contributed by atoms with van der Waals surface area (Å²) in [4.78, 5) is 0. The molecule has 1 nitrogen and oxygen atoms in total. The molecule has 0 saturated carbocycles. The second-order valence-corrected chi connectivity index (χ2v) is 2.96. The van der Waals surface area contributed by atoms with Crippen molar-refractivity contribution in [1.82, 2.24) is 0 Å². The van der Waals surface area contributed by atoms with Crippen molar-refractivity contribution in [2.75, 3.05) is 7.11 Å². The van der Waals surface area contributed by atoms with Crippen LogP contribution < -0.4 is 0 Å². The summed E-state index contributed by atoms with van der Waals surface area (Å²) >= 11 is 0. The lowest BCUT2D eigenvalue weighted by molar-refractivity contribution is 0.298. The van der Waals surface area contributed by atoms with Crippen LogP contribution in [-0.2, 0) is 4.74 Å². The summed E-state index contributed by atoms with van der Waals surface area (Å²) in [5, 5.41) is 0. The Labute approximate surface area is 68.8 Å². The van der Waals surface area contributed by atoms with E-state index in [-0.39, 0.29) is 0 Å². The Morgan fingerprint density at radius 3 is 3.09 bits per heavy atom. The molecule has 1 rings (SSSR count). The third-order valence-electron chi connectivity index (χ3n) is 2.02. The molecular weight excluding hydrogens is 136 g/mol. The molecule has 0 N–H and O–H groups in total. The molecule has 62 valence electrons. The smallest absolute Gasteiger partial charge is 0.114 e. The summed E-state index contributed by atoms with van der Waals surface area (Å²) in [6.07, 6.45) is 10.2. The summed E-state index contributed by atoms with van der Waals surface area (Å²) in [6, 6.07) is 0. The second kappa shape index (κ2) is 4.22. The molecular formula is C10H16O. The molecule has 0 spiro atoms. The normalized spacial score (nSPS) is 23.1. The van der Waals surface area contributed by atoms with Gasteiger partial charge in [-0.05, 0) is 30.9 Å². The zero-order valence-electron chi connectivity index (χ0n) is 7.34. The summed E-state index contributed by atoms with van der Waals surface area (Å²) in [5.74, 6) is 1.73. The molecule has 1 aliphatic rings. The fourth-order valence-electron chi connectivity index (χ4n) is 1.42. The van der Waals surface area contributed by atoms with Crippen LogP contribution in [0.25, 0.3) is 0 Å². The molecule has 0 aromatic heterocycles. The minimum atomic E-state index is 0.708. The number of hydrogen-bond acceptors (Lipinski definition) is 1. The van der Waals surface area contributed by atoms with Crippen LogP contribution in [0.4, 0.5) is 0 Å².